The minimum Gasteiger partial charge on any atom is -0.497 e. The maximum Gasteiger partial charge on any atom is 0.203 e. The first-order valence-corrected chi connectivity index (χ1v) is 8.82. The SMILES string of the molecule is CCOc1cc2c(cc1/C=C(\C#N)C(=O)c1cccc(OC)c1)O[C@H](C)C2. The lowest BCUT2D eigenvalue weighted by Crippen LogP contribution is -2.05. The number of carbonyl (C=O) groups is 1. The Morgan fingerprint density at radius 3 is 2.89 bits per heavy atom. The molecule has 1 atom stereocenters. The first kappa shape index (κ1) is 18.5. The van der Waals surface area contributed by atoms with Gasteiger partial charge in [0.2, 0.25) is 5.78 Å². The van der Waals surface area contributed by atoms with Crippen LogP contribution in [0.15, 0.2) is 42.0 Å². The number of ketones is 1. The summed E-state index contributed by atoms with van der Waals surface area (Å²) in [7, 11) is 1.53. The van der Waals surface area contributed by atoms with Gasteiger partial charge in [-0.1, -0.05) is 12.1 Å². The lowest BCUT2D eigenvalue weighted by atomic mass is 10.00. The second kappa shape index (κ2) is 7.96. The van der Waals surface area contributed by atoms with Crippen LogP contribution in [-0.4, -0.2) is 25.6 Å². The van der Waals surface area contributed by atoms with Crippen LogP contribution in [0.2, 0.25) is 0 Å². The van der Waals surface area contributed by atoms with Crippen molar-refractivity contribution in [2.24, 2.45) is 0 Å². The molecule has 0 aromatic heterocycles. The van der Waals surface area contributed by atoms with Gasteiger partial charge in [0.1, 0.15) is 35.0 Å². The molecule has 1 heterocycles. The largest absolute Gasteiger partial charge is 0.497 e. The first-order valence-electron chi connectivity index (χ1n) is 8.82. The van der Waals surface area contributed by atoms with Crippen molar-refractivity contribution in [2.75, 3.05) is 13.7 Å². The van der Waals surface area contributed by atoms with Gasteiger partial charge in [0.15, 0.2) is 0 Å². The van der Waals surface area contributed by atoms with E-state index in [1.165, 1.54) is 7.11 Å². The molecule has 0 N–H and O–H groups in total. The van der Waals surface area contributed by atoms with Crippen LogP contribution in [0.3, 0.4) is 0 Å². The Balaban J connectivity index is 2.01. The minimum atomic E-state index is -0.367. The Morgan fingerprint density at radius 2 is 2.19 bits per heavy atom. The topological polar surface area (TPSA) is 68.5 Å². The third-order valence-electron chi connectivity index (χ3n) is 4.33. The van der Waals surface area contributed by atoms with E-state index in [0.717, 1.165) is 17.7 Å². The number of benzene rings is 2. The summed E-state index contributed by atoms with van der Waals surface area (Å²) in [6.07, 6.45) is 2.47. The molecule has 2 aromatic rings. The molecule has 2 aromatic carbocycles. The molecule has 27 heavy (non-hydrogen) atoms. The summed E-state index contributed by atoms with van der Waals surface area (Å²) in [5.41, 5.74) is 2.14. The predicted octanol–water partition coefficient (Wildman–Crippen LogP) is 4.21. The standard InChI is InChI=1S/C22H21NO4/c1-4-26-20-11-16-8-14(2)27-21(16)12-17(20)9-18(13-23)22(24)15-6-5-7-19(10-15)25-3/h5-7,9-12,14H,4,8H2,1-3H3/b18-9+/t14-/m1/s1. The van der Waals surface area contributed by atoms with E-state index in [2.05, 4.69) is 0 Å². The first-order chi connectivity index (χ1) is 13.0. The zero-order valence-electron chi connectivity index (χ0n) is 15.6. The molecule has 0 amide bonds. The fourth-order valence-electron chi connectivity index (χ4n) is 3.07. The average Bonchev–Trinajstić information content (AvgIpc) is 3.04. The minimum absolute atomic E-state index is 0.0233. The van der Waals surface area contributed by atoms with Gasteiger partial charge in [0.05, 0.1) is 13.7 Å². The second-order valence-electron chi connectivity index (χ2n) is 6.29. The van der Waals surface area contributed by atoms with E-state index in [0.29, 0.717) is 29.2 Å². The number of ether oxygens (including phenoxy) is 3. The maximum absolute atomic E-state index is 12.8. The third-order valence-corrected chi connectivity index (χ3v) is 4.33. The zero-order chi connectivity index (χ0) is 19.4. The Hall–Kier alpha value is -3.26. The number of hydrogen-bond acceptors (Lipinski definition) is 5. The highest BCUT2D eigenvalue weighted by Gasteiger charge is 2.22. The molecular formula is C22H21NO4. The summed E-state index contributed by atoms with van der Waals surface area (Å²) in [4.78, 5) is 12.8. The summed E-state index contributed by atoms with van der Waals surface area (Å²) in [6, 6.07) is 12.5. The lowest BCUT2D eigenvalue weighted by Gasteiger charge is -2.10. The van der Waals surface area contributed by atoms with Crippen molar-refractivity contribution in [1.29, 1.82) is 5.26 Å². The quantitative estimate of drug-likeness (QED) is 0.437. The van der Waals surface area contributed by atoms with Gasteiger partial charge in [-0.3, -0.25) is 4.79 Å². The highest BCUT2D eigenvalue weighted by molar-refractivity contribution is 6.14. The second-order valence-corrected chi connectivity index (χ2v) is 6.29. The Labute approximate surface area is 158 Å². The van der Waals surface area contributed by atoms with Crippen molar-refractivity contribution < 1.29 is 19.0 Å². The molecule has 3 rings (SSSR count). The number of hydrogen-bond donors (Lipinski definition) is 0. The fourth-order valence-corrected chi connectivity index (χ4v) is 3.07. The molecule has 0 saturated carbocycles. The molecule has 0 unspecified atom stereocenters. The van der Waals surface area contributed by atoms with Crippen LogP contribution in [0.5, 0.6) is 17.2 Å². The van der Waals surface area contributed by atoms with Crippen LogP contribution < -0.4 is 14.2 Å². The van der Waals surface area contributed by atoms with Crippen LogP contribution in [0.25, 0.3) is 6.08 Å². The van der Waals surface area contributed by atoms with E-state index in [4.69, 9.17) is 14.2 Å². The van der Waals surface area contributed by atoms with E-state index in [9.17, 15) is 10.1 Å². The summed E-state index contributed by atoms with van der Waals surface area (Å²) in [5.74, 6) is 1.60. The van der Waals surface area contributed by atoms with E-state index in [1.54, 1.807) is 30.3 Å². The lowest BCUT2D eigenvalue weighted by molar-refractivity contribution is 0.103. The molecule has 0 radical (unpaired) electrons. The molecule has 0 saturated heterocycles. The van der Waals surface area contributed by atoms with Crippen molar-refractivity contribution in [3.8, 4) is 23.3 Å². The fraction of sp³-hybridized carbons (Fsp3) is 0.273. The highest BCUT2D eigenvalue weighted by Crippen LogP contribution is 2.36. The molecule has 1 aliphatic heterocycles. The molecule has 5 heteroatoms. The van der Waals surface area contributed by atoms with Crippen molar-refractivity contribution >= 4 is 11.9 Å². The van der Waals surface area contributed by atoms with Gasteiger partial charge < -0.3 is 14.2 Å². The zero-order valence-corrected chi connectivity index (χ0v) is 15.6. The van der Waals surface area contributed by atoms with Crippen LogP contribution in [0.1, 0.15) is 35.3 Å². The maximum atomic E-state index is 12.8. The number of nitriles is 1. The predicted molar refractivity (Wildman–Crippen MR) is 102 cm³/mol. The smallest absolute Gasteiger partial charge is 0.203 e. The molecular weight excluding hydrogens is 342 g/mol. The van der Waals surface area contributed by atoms with E-state index >= 15 is 0 Å². The number of carbonyl (C=O) groups excluding carboxylic acids is 1. The van der Waals surface area contributed by atoms with Gasteiger partial charge >= 0.3 is 0 Å². The van der Waals surface area contributed by atoms with Gasteiger partial charge in [-0.05, 0) is 44.2 Å². The van der Waals surface area contributed by atoms with Gasteiger partial charge in [0, 0.05) is 23.1 Å². The summed E-state index contributed by atoms with van der Waals surface area (Å²) < 4.78 is 16.7. The van der Waals surface area contributed by atoms with Gasteiger partial charge in [-0.2, -0.15) is 5.26 Å². The number of rotatable bonds is 6. The van der Waals surface area contributed by atoms with Crippen LogP contribution in [0, 0.1) is 11.3 Å². The molecule has 0 bridgehead atoms. The molecule has 0 aliphatic carbocycles. The van der Waals surface area contributed by atoms with E-state index in [1.807, 2.05) is 32.0 Å². The third kappa shape index (κ3) is 3.95. The molecule has 0 spiro atoms. The monoisotopic (exact) mass is 363 g/mol. The number of nitrogens with zero attached hydrogens (tertiary/aromatic N) is 1. The average molecular weight is 363 g/mol. The van der Waals surface area contributed by atoms with Crippen LogP contribution in [-0.2, 0) is 6.42 Å². The summed E-state index contributed by atoms with van der Waals surface area (Å²) >= 11 is 0. The van der Waals surface area contributed by atoms with Gasteiger partial charge in [-0.25, -0.2) is 0 Å². The Bertz CT molecular complexity index is 940. The highest BCUT2D eigenvalue weighted by atomic mass is 16.5. The molecule has 0 fully saturated rings. The number of Topliss-reactive ketones (excluding diaryl/α,β-unsaturated/α-hetero) is 1. The molecule has 5 nitrogen and oxygen atoms in total. The van der Waals surface area contributed by atoms with E-state index < -0.39 is 0 Å². The summed E-state index contributed by atoms with van der Waals surface area (Å²) in [6.45, 7) is 4.39. The van der Waals surface area contributed by atoms with Crippen molar-refractivity contribution in [3.63, 3.8) is 0 Å². The number of allylic oxidation sites excluding steroid dienone is 1. The Kier molecular flexibility index (Phi) is 5.46. The van der Waals surface area contributed by atoms with Gasteiger partial charge in [-0.15, -0.1) is 0 Å². The molecule has 1 aliphatic rings. The molecule has 138 valence electrons. The Morgan fingerprint density at radius 1 is 1.37 bits per heavy atom. The number of methoxy groups -OCH3 is 1. The summed E-state index contributed by atoms with van der Waals surface area (Å²) in [5, 5.41) is 9.56. The number of fused-ring (bicyclic) bond motifs is 1. The van der Waals surface area contributed by atoms with Crippen LogP contribution >= 0.6 is 0 Å². The normalized spacial score (nSPS) is 15.5. The van der Waals surface area contributed by atoms with Crippen molar-refractivity contribution in [3.05, 3.63) is 58.7 Å². The van der Waals surface area contributed by atoms with Crippen molar-refractivity contribution in [2.45, 2.75) is 26.4 Å². The van der Waals surface area contributed by atoms with E-state index in [-0.39, 0.29) is 17.5 Å². The van der Waals surface area contributed by atoms with Gasteiger partial charge in [0.25, 0.3) is 0 Å². The van der Waals surface area contributed by atoms with Crippen molar-refractivity contribution in [1.82, 2.24) is 0 Å². The van der Waals surface area contributed by atoms with Crippen LogP contribution in [0.4, 0.5) is 0 Å².